The molecule has 248 valence electrons. The maximum atomic E-state index is 15.8. The van der Waals surface area contributed by atoms with Gasteiger partial charge < -0.3 is 14.6 Å². The average Bonchev–Trinajstić information content (AvgIpc) is 3.80. The first-order chi connectivity index (χ1) is 23.1. The summed E-state index contributed by atoms with van der Waals surface area (Å²) in [6, 6.07) is 11.1. The van der Waals surface area contributed by atoms with Crippen molar-refractivity contribution < 1.29 is 14.3 Å². The third kappa shape index (κ3) is 6.44. The van der Waals surface area contributed by atoms with Crippen molar-refractivity contribution in [2.24, 2.45) is 0 Å². The minimum absolute atomic E-state index is 0.177. The van der Waals surface area contributed by atoms with Gasteiger partial charge in [-0.1, -0.05) is 5.21 Å². The van der Waals surface area contributed by atoms with Gasteiger partial charge in [-0.25, -0.2) is 13.9 Å². The van der Waals surface area contributed by atoms with Crippen molar-refractivity contribution in [2.75, 3.05) is 18.0 Å². The number of carbonyl (C=O) groups is 1. The first kappa shape index (κ1) is 31.6. The number of piperidine rings is 1. The van der Waals surface area contributed by atoms with Crippen LogP contribution in [-0.4, -0.2) is 64.6 Å². The molecule has 1 unspecified atom stereocenters. The standard InChI is InChI=1S/C36H39FN8O3/c1-22-6-7-28(16-39-22)42-12-4-5-29(20-42)43(17-25-10-11-38-23(2)13-25)18-26-19-44(27-8-9-27)34-15-30(32(37)14-31(34)35(26)46)24(3)45-21-33(36(47)48)40-41-45/h6-7,10-11,13-16,19,21,24,27,29H,4-5,8-9,12,17-18,20H2,1-3H3,(H,47,48)/t24?,29-/m0/s1. The molecule has 5 aromatic rings. The van der Waals surface area contributed by atoms with Crippen molar-refractivity contribution in [1.82, 2.24) is 34.4 Å². The Balaban J connectivity index is 1.25. The van der Waals surface area contributed by atoms with Crippen LogP contribution >= 0.6 is 0 Å². The van der Waals surface area contributed by atoms with Gasteiger partial charge >= 0.3 is 5.97 Å². The highest BCUT2D eigenvalue weighted by Gasteiger charge is 2.30. The van der Waals surface area contributed by atoms with Crippen LogP contribution in [0.3, 0.4) is 0 Å². The lowest BCUT2D eigenvalue weighted by atomic mass is 10.00. The number of nitrogens with zero attached hydrogens (tertiary/aromatic N) is 8. The first-order valence-electron chi connectivity index (χ1n) is 16.5. The number of anilines is 1. The van der Waals surface area contributed by atoms with Crippen LogP contribution in [0.4, 0.5) is 10.1 Å². The summed E-state index contributed by atoms with van der Waals surface area (Å²) in [6.45, 7) is 8.52. The Morgan fingerprint density at radius 2 is 1.90 bits per heavy atom. The second-order valence-corrected chi connectivity index (χ2v) is 13.2. The highest BCUT2D eigenvalue weighted by molar-refractivity contribution is 5.84. The Kier molecular flexibility index (Phi) is 8.50. The lowest BCUT2D eigenvalue weighted by molar-refractivity contribution is 0.0690. The van der Waals surface area contributed by atoms with E-state index in [4.69, 9.17) is 0 Å². The molecule has 1 saturated heterocycles. The second-order valence-electron chi connectivity index (χ2n) is 13.2. The van der Waals surface area contributed by atoms with Crippen LogP contribution in [0, 0.1) is 19.7 Å². The molecule has 1 N–H and O–H groups in total. The van der Waals surface area contributed by atoms with Crippen LogP contribution < -0.4 is 10.3 Å². The van der Waals surface area contributed by atoms with Gasteiger partial charge in [0.2, 0.25) is 0 Å². The van der Waals surface area contributed by atoms with Gasteiger partial charge in [0.1, 0.15) is 5.82 Å². The van der Waals surface area contributed by atoms with Gasteiger partial charge in [0, 0.05) is 78.6 Å². The van der Waals surface area contributed by atoms with Gasteiger partial charge in [-0.05, 0) is 88.4 Å². The van der Waals surface area contributed by atoms with Crippen LogP contribution in [0.15, 0.2) is 66.0 Å². The van der Waals surface area contributed by atoms with E-state index in [1.54, 1.807) is 13.0 Å². The zero-order valence-corrected chi connectivity index (χ0v) is 27.4. The number of aromatic nitrogens is 6. The van der Waals surface area contributed by atoms with Crippen molar-refractivity contribution in [3.05, 3.63) is 111 Å². The molecule has 1 saturated carbocycles. The summed E-state index contributed by atoms with van der Waals surface area (Å²) in [5.74, 6) is -1.75. The molecule has 2 atom stereocenters. The Morgan fingerprint density at radius 1 is 1.06 bits per heavy atom. The molecule has 0 amide bonds. The summed E-state index contributed by atoms with van der Waals surface area (Å²) in [5.41, 5.74) is 5.36. The third-order valence-electron chi connectivity index (χ3n) is 9.63. The molecular formula is C36H39FN8O3. The molecule has 1 aromatic carbocycles. The monoisotopic (exact) mass is 650 g/mol. The van der Waals surface area contributed by atoms with Crippen molar-refractivity contribution >= 4 is 22.6 Å². The van der Waals surface area contributed by atoms with Crippen molar-refractivity contribution in [3.63, 3.8) is 0 Å². The number of fused-ring (bicyclic) bond motifs is 1. The number of aromatic carboxylic acids is 1. The maximum Gasteiger partial charge on any atom is 0.358 e. The fourth-order valence-electron chi connectivity index (χ4n) is 6.84. The van der Waals surface area contributed by atoms with Crippen molar-refractivity contribution in [1.29, 1.82) is 0 Å². The van der Waals surface area contributed by atoms with Crippen LogP contribution in [-0.2, 0) is 13.1 Å². The first-order valence-corrected chi connectivity index (χ1v) is 16.5. The molecule has 1 aliphatic carbocycles. The second kappa shape index (κ2) is 12.9. The predicted molar refractivity (Wildman–Crippen MR) is 180 cm³/mol. The van der Waals surface area contributed by atoms with Crippen molar-refractivity contribution in [2.45, 2.75) is 77.7 Å². The number of rotatable bonds is 10. The largest absolute Gasteiger partial charge is 0.476 e. The van der Waals surface area contributed by atoms with Crippen LogP contribution in [0.25, 0.3) is 10.9 Å². The molecule has 0 spiro atoms. The molecule has 0 bridgehead atoms. The molecule has 4 aromatic heterocycles. The SMILES string of the molecule is Cc1ccc(N2CCC[C@H](N(Cc3ccnc(C)c3)Cc3cn(C4CC4)c4cc(C(C)n5cc(C(=O)O)nn5)c(F)cc4c3=O)C2)cn1. The molecular weight excluding hydrogens is 611 g/mol. The quantitative estimate of drug-likeness (QED) is 0.210. The summed E-state index contributed by atoms with van der Waals surface area (Å²) in [5, 5.41) is 17.2. The lowest BCUT2D eigenvalue weighted by Gasteiger charge is -2.40. The van der Waals surface area contributed by atoms with E-state index in [2.05, 4.69) is 46.8 Å². The normalized spacial score (nSPS) is 17.3. The van der Waals surface area contributed by atoms with Gasteiger partial charge in [-0.15, -0.1) is 5.10 Å². The minimum Gasteiger partial charge on any atom is -0.476 e. The Bertz CT molecular complexity index is 2040. The number of halogens is 1. The van der Waals surface area contributed by atoms with E-state index < -0.39 is 17.8 Å². The summed E-state index contributed by atoms with van der Waals surface area (Å²) in [6.07, 6.45) is 11.0. The van der Waals surface area contributed by atoms with E-state index in [-0.39, 0.29) is 23.2 Å². The van der Waals surface area contributed by atoms with E-state index in [1.165, 1.54) is 16.9 Å². The van der Waals surface area contributed by atoms with E-state index in [9.17, 15) is 14.7 Å². The smallest absolute Gasteiger partial charge is 0.358 e. The van der Waals surface area contributed by atoms with Crippen molar-refractivity contribution in [3.8, 4) is 0 Å². The maximum absolute atomic E-state index is 15.8. The zero-order valence-electron chi connectivity index (χ0n) is 27.4. The number of aryl methyl sites for hydroxylation is 2. The number of pyridine rings is 3. The Labute approximate surface area is 277 Å². The Morgan fingerprint density at radius 3 is 2.60 bits per heavy atom. The van der Waals surface area contributed by atoms with Crippen LogP contribution in [0.2, 0.25) is 0 Å². The van der Waals surface area contributed by atoms with E-state index in [0.717, 1.165) is 61.4 Å². The number of carboxylic acid groups (broad SMARTS) is 1. The molecule has 5 heterocycles. The fourth-order valence-corrected chi connectivity index (χ4v) is 6.84. The molecule has 0 radical (unpaired) electrons. The highest BCUT2D eigenvalue weighted by Crippen LogP contribution is 2.38. The Hall–Kier alpha value is -4.97. The van der Waals surface area contributed by atoms with Gasteiger partial charge in [0.15, 0.2) is 11.1 Å². The fraction of sp³-hybridized carbons (Fsp3) is 0.389. The van der Waals surface area contributed by atoms with Gasteiger partial charge in [0.25, 0.3) is 0 Å². The molecule has 12 heteroatoms. The van der Waals surface area contributed by atoms with Gasteiger partial charge in [-0.2, -0.15) is 0 Å². The summed E-state index contributed by atoms with van der Waals surface area (Å²) >= 11 is 0. The van der Waals surface area contributed by atoms with E-state index >= 15 is 4.39 Å². The summed E-state index contributed by atoms with van der Waals surface area (Å²) < 4.78 is 19.3. The van der Waals surface area contributed by atoms with Gasteiger partial charge in [0.05, 0.1) is 29.6 Å². The molecule has 2 fully saturated rings. The molecule has 2 aliphatic rings. The topological polar surface area (TPSA) is 122 Å². The molecule has 11 nitrogen and oxygen atoms in total. The number of hydrogen-bond donors (Lipinski definition) is 1. The lowest BCUT2D eigenvalue weighted by Crippen LogP contribution is -2.48. The molecule has 48 heavy (non-hydrogen) atoms. The zero-order chi connectivity index (χ0) is 33.5. The van der Waals surface area contributed by atoms with Gasteiger partial charge in [-0.3, -0.25) is 19.7 Å². The summed E-state index contributed by atoms with van der Waals surface area (Å²) in [4.78, 5) is 39.3. The minimum atomic E-state index is -1.20. The third-order valence-corrected chi connectivity index (χ3v) is 9.63. The van der Waals surface area contributed by atoms with E-state index in [0.29, 0.717) is 35.1 Å². The van der Waals surface area contributed by atoms with Crippen LogP contribution in [0.5, 0.6) is 0 Å². The summed E-state index contributed by atoms with van der Waals surface area (Å²) in [7, 11) is 0. The average molecular weight is 651 g/mol. The number of benzene rings is 1. The number of carboxylic acids is 1. The molecule has 7 rings (SSSR count). The highest BCUT2D eigenvalue weighted by atomic mass is 19.1. The number of hydrogen-bond acceptors (Lipinski definition) is 8. The van der Waals surface area contributed by atoms with E-state index in [1.807, 2.05) is 44.6 Å². The van der Waals surface area contributed by atoms with Crippen LogP contribution in [0.1, 0.15) is 83.3 Å². The molecule has 1 aliphatic heterocycles. The predicted octanol–water partition coefficient (Wildman–Crippen LogP) is 5.45.